The Hall–Kier alpha value is 0.310. The van der Waals surface area contributed by atoms with Crippen LogP contribution in [0.4, 0.5) is 0 Å². The monoisotopic (exact) mass is 429 g/mol. The molecule has 1 saturated heterocycles. The van der Waals surface area contributed by atoms with Crippen molar-refractivity contribution in [2.75, 3.05) is 46.2 Å². The maximum Gasteiger partial charge on any atom is 0.193 e. The van der Waals surface area contributed by atoms with Crippen molar-refractivity contribution in [1.82, 2.24) is 10.2 Å². The number of aliphatic imine (C=N–C) groups is 1. The zero-order valence-corrected chi connectivity index (χ0v) is 17.1. The first-order valence-electron chi connectivity index (χ1n) is 7.77. The molecule has 1 rings (SSSR count). The number of halogens is 1. The van der Waals surface area contributed by atoms with E-state index in [-0.39, 0.29) is 24.0 Å². The van der Waals surface area contributed by atoms with Gasteiger partial charge in [-0.1, -0.05) is 6.92 Å². The fraction of sp³-hybridized carbons (Fsp3) is 0.933. The Morgan fingerprint density at radius 2 is 2.10 bits per heavy atom. The normalized spacial score (nSPS) is 18.0. The Labute approximate surface area is 151 Å². The summed E-state index contributed by atoms with van der Waals surface area (Å²) in [6, 6.07) is 0. The van der Waals surface area contributed by atoms with Crippen LogP contribution in [0.5, 0.6) is 0 Å². The van der Waals surface area contributed by atoms with Gasteiger partial charge in [0.2, 0.25) is 0 Å². The molecular formula is C15H32IN3OS. The lowest BCUT2D eigenvalue weighted by Gasteiger charge is -2.27. The van der Waals surface area contributed by atoms with E-state index in [0.29, 0.717) is 5.25 Å². The summed E-state index contributed by atoms with van der Waals surface area (Å²) in [5.74, 6) is 1.86. The minimum absolute atomic E-state index is 0. The van der Waals surface area contributed by atoms with Crippen molar-refractivity contribution in [1.29, 1.82) is 0 Å². The number of nitrogens with one attached hydrogen (secondary N) is 1. The molecule has 4 nitrogen and oxygen atoms in total. The average Bonchev–Trinajstić information content (AvgIpc) is 2.49. The van der Waals surface area contributed by atoms with Crippen molar-refractivity contribution >= 4 is 41.7 Å². The first-order chi connectivity index (χ1) is 9.67. The summed E-state index contributed by atoms with van der Waals surface area (Å²) in [5, 5.41) is 3.97. The van der Waals surface area contributed by atoms with Gasteiger partial charge in [-0.3, -0.25) is 4.99 Å². The van der Waals surface area contributed by atoms with E-state index in [0.717, 1.165) is 44.7 Å². The highest BCUT2D eigenvalue weighted by atomic mass is 127. The highest BCUT2D eigenvalue weighted by molar-refractivity contribution is 14.0. The van der Waals surface area contributed by atoms with Crippen molar-refractivity contribution in [2.45, 2.75) is 38.4 Å². The molecule has 0 saturated carbocycles. The number of hydrogen-bond acceptors (Lipinski definition) is 3. The van der Waals surface area contributed by atoms with Crippen LogP contribution in [0.25, 0.3) is 0 Å². The van der Waals surface area contributed by atoms with E-state index >= 15 is 0 Å². The molecule has 0 amide bonds. The van der Waals surface area contributed by atoms with E-state index in [1.54, 1.807) is 0 Å². The molecule has 1 unspecified atom stereocenters. The zero-order valence-electron chi connectivity index (χ0n) is 13.9. The number of rotatable bonds is 7. The molecule has 1 aliphatic heterocycles. The number of hydrogen-bond donors (Lipinski definition) is 1. The van der Waals surface area contributed by atoms with Crippen LogP contribution < -0.4 is 5.32 Å². The highest BCUT2D eigenvalue weighted by Crippen LogP contribution is 2.18. The number of guanidine groups is 1. The SMILES string of the molecule is CCNC(=NCC(C)SC)N(C)CCC1CCOCC1.I. The van der Waals surface area contributed by atoms with E-state index in [1.165, 1.54) is 19.3 Å². The predicted molar refractivity (Wildman–Crippen MR) is 105 cm³/mol. The van der Waals surface area contributed by atoms with E-state index in [9.17, 15) is 0 Å². The first kappa shape index (κ1) is 21.3. The van der Waals surface area contributed by atoms with Gasteiger partial charge in [0.05, 0.1) is 6.54 Å². The lowest BCUT2D eigenvalue weighted by Crippen LogP contribution is -2.40. The molecule has 0 aliphatic carbocycles. The van der Waals surface area contributed by atoms with Crippen LogP contribution in [0.3, 0.4) is 0 Å². The fourth-order valence-corrected chi connectivity index (χ4v) is 2.50. The largest absolute Gasteiger partial charge is 0.381 e. The summed E-state index contributed by atoms with van der Waals surface area (Å²) in [7, 11) is 2.14. The quantitative estimate of drug-likeness (QED) is 0.384. The molecule has 0 aromatic carbocycles. The maximum absolute atomic E-state index is 5.42. The number of nitrogens with zero attached hydrogens (tertiary/aromatic N) is 2. The molecule has 0 aromatic rings. The van der Waals surface area contributed by atoms with Crippen LogP contribution in [0, 0.1) is 5.92 Å². The molecule has 126 valence electrons. The van der Waals surface area contributed by atoms with Crippen LogP contribution in [-0.4, -0.2) is 62.3 Å². The van der Waals surface area contributed by atoms with E-state index in [4.69, 9.17) is 9.73 Å². The second-order valence-electron chi connectivity index (χ2n) is 5.51. The standard InChI is InChI=1S/C15H31N3OS.HI/c1-5-16-15(17-12-13(2)20-4)18(3)9-6-14-7-10-19-11-8-14;/h13-14H,5-12H2,1-4H3,(H,16,17);1H. The summed E-state index contributed by atoms with van der Waals surface area (Å²) >= 11 is 1.87. The van der Waals surface area contributed by atoms with Crippen molar-refractivity contribution in [3.05, 3.63) is 0 Å². The Morgan fingerprint density at radius 3 is 2.67 bits per heavy atom. The zero-order chi connectivity index (χ0) is 14.8. The average molecular weight is 429 g/mol. The highest BCUT2D eigenvalue weighted by Gasteiger charge is 2.15. The molecular weight excluding hydrogens is 397 g/mol. The summed E-state index contributed by atoms with van der Waals surface area (Å²) in [5.41, 5.74) is 0. The van der Waals surface area contributed by atoms with Crippen molar-refractivity contribution in [3.63, 3.8) is 0 Å². The molecule has 1 aliphatic rings. The van der Waals surface area contributed by atoms with Crippen molar-refractivity contribution in [3.8, 4) is 0 Å². The summed E-state index contributed by atoms with van der Waals surface area (Å²) in [6.45, 7) is 9.10. The minimum Gasteiger partial charge on any atom is -0.381 e. The Morgan fingerprint density at radius 1 is 1.43 bits per heavy atom. The van der Waals surface area contributed by atoms with E-state index in [1.807, 2.05) is 11.8 Å². The van der Waals surface area contributed by atoms with Gasteiger partial charge in [-0.25, -0.2) is 0 Å². The van der Waals surface area contributed by atoms with Gasteiger partial charge in [-0.2, -0.15) is 11.8 Å². The van der Waals surface area contributed by atoms with Crippen LogP contribution >= 0.6 is 35.7 Å². The van der Waals surface area contributed by atoms with Gasteiger partial charge in [0.15, 0.2) is 5.96 Å². The molecule has 1 atom stereocenters. The van der Waals surface area contributed by atoms with Gasteiger partial charge in [0.1, 0.15) is 0 Å². The molecule has 1 fully saturated rings. The summed E-state index contributed by atoms with van der Waals surface area (Å²) in [4.78, 5) is 7.00. The summed E-state index contributed by atoms with van der Waals surface area (Å²) < 4.78 is 5.42. The molecule has 0 aromatic heterocycles. The third-order valence-electron chi connectivity index (χ3n) is 3.81. The Bertz CT molecular complexity index is 286. The Balaban J connectivity index is 0.00000400. The van der Waals surface area contributed by atoms with Crippen molar-refractivity contribution < 1.29 is 4.74 Å². The van der Waals surface area contributed by atoms with Crippen LogP contribution in [0.1, 0.15) is 33.1 Å². The molecule has 1 heterocycles. The molecule has 0 bridgehead atoms. The van der Waals surface area contributed by atoms with Crippen LogP contribution in [0.15, 0.2) is 4.99 Å². The summed E-state index contributed by atoms with van der Waals surface area (Å²) in [6.07, 6.45) is 5.81. The van der Waals surface area contributed by atoms with Gasteiger partial charge in [-0.05, 0) is 38.4 Å². The molecule has 6 heteroatoms. The van der Waals surface area contributed by atoms with Gasteiger partial charge < -0.3 is 15.0 Å². The van der Waals surface area contributed by atoms with Gasteiger partial charge in [0.25, 0.3) is 0 Å². The third kappa shape index (κ3) is 9.13. The minimum atomic E-state index is 0. The molecule has 0 spiro atoms. The van der Waals surface area contributed by atoms with Gasteiger partial charge in [0, 0.05) is 38.6 Å². The third-order valence-corrected chi connectivity index (χ3v) is 4.76. The van der Waals surface area contributed by atoms with Gasteiger partial charge in [-0.15, -0.1) is 24.0 Å². The second kappa shape index (κ2) is 12.8. The first-order valence-corrected chi connectivity index (χ1v) is 9.06. The maximum atomic E-state index is 5.42. The number of thioether (sulfide) groups is 1. The number of ether oxygens (including phenoxy) is 1. The topological polar surface area (TPSA) is 36.9 Å². The Kier molecular flexibility index (Phi) is 13.0. The van der Waals surface area contributed by atoms with E-state index in [2.05, 4.69) is 37.4 Å². The van der Waals surface area contributed by atoms with E-state index < -0.39 is 0 Å². The fourth-order valence-electron chi connectivity index (χ4n) is 2.28. The lowest BCUT2D eigenvalue weighted by molar-refractivity contribution is 0.0625. The van der Waals surface area contributed by atoms with Crippen LogP contribution in [-0.2, 0) is 4.74 Å². The second-order valence-corrected chi connectivity index (χ2v) is 6.78. The lowest BCUT2D eigenvalue weighted by atomic mass is 9.96. The molecule has 1 N–H and O–H groups in total. The van der Waals surface area contributed by atoms with Gasteiger partial charge >= 0.3 is 0 Å². The smallest absolute Gasteiger partial charge is 0.193 e. The van der Waals surface area contributed by atoms with Crippen molar-refractivity contribution in [2.24, 2.45) is 10.9 Å². The predicted octanol–water partition coefficient (Wildman–Crippen LogP) is 3.07. The molecule has 21 heavy (non-hydrogen) atoms. The molecule has 0 radical (unpaired) electrons. The van der Waals surface area contributed by atoms with Crippen LogP contribution in [0.2, 0.25) is 0 Å².